The van der Waals surface area contributed by atoms with Crippen molar-refractivity contribution >= 4 is 0 Å². The minimum atomic E-state index is -1.09. The average molecular weight is 227 g/mol. The van der Waals surface area contributed by atoms with Crippen LogP contribution in [0.1, 0.15) is 23.6 Å². The van der Waals surface area contributed by atoms with Crippen LogP contribution in [0, 0.1) is 11.3 Å². The first-order valence-electron chi connectivity index (χ1n) is 5.26. The zero-order valence-electron chi connectivity index (χ0n) is 9.75. The number of nitriles is 1. The predicted octanol–water partition coefficient (Wildman–Crippen LogP) is 1.55. The third-order valence-electron chi connectivity index (χ3n) is 2.84. The first-order valence-corrected chi connectivity index (χ1v) is 5.26. The number of nitrogens with zero attached hydrogens (tertiary/aromatic N) is 3. The van der Waals surface area contributed by atoms with E-state index < -0.39 is 5.60 Å². The fourth-order valence-corrected chi connectivity index (χ4v) is 1.71. The van der Waals surface area contributed by atoms with E-state index in [0.29, 0.717) is 5.56 Å². The van der Waals surface area contributed by atoms with Crippen LogP contribution in [0.5, 0.6) is 0 Å². The Balaban J connectivity index is 2.41. The molecule has 0 saturated carbocycles. The van der Waals surface area contributed by atoms with Crippen molar-refractivity contribution in [2.75, 3.05) is 0 Å². The summed E-state index contributed by atoms with van der Waals surface area (Å²) in [5.74, 6) is 0. The lowest BCUT2D eigenvalue weighted by atomic mass is 9.90. The topological polar surface area (TPSA) is 61.8 Å². The first kappa shape index (κ1) is 11.4. The highest BCUT2D eigenvalue weighted by Crippen LogP contribution is 2.28. The van der Waals surface area contributed by atoms with Gasteiger partial charge in [0, 0.05) is 18.8 Å². The van der Waals surface area contributed by atoms with Gasteiger partial charge in [0.15, 0.2) is 0 Å². The molecule has 0 amide bonds. The molecule has 0 aliphatic heterocycles. The van der Waals surface area contributed by atoms with Gasteiger partial charge in [0.25, 0.3) is 0 Å². The van der Waals surface area contributed by atoms with Gasteiger partial charge in [-0.3, -0.25) is 4.68 Å². The van der Waals surface area contributed by atoms with Crippen molar-refractivity contribution in [3.63, 3.8) is 0 Å². The lowest BCUT2D eigenvalue weighted by molar-refractivity contribution is 0.102. The van der Waals surface area contributed by atoms with E-state index in [2.05, 4.69) is 11.2 Å². The van der Waals surface area contributed by atoms with Crippen LogP contribution in [0.3, 0.4) is 0 Å². The Morgan fingerprint density at radius 2 is 1.94 bits per heavy atom. The smallest absolute Gasteiger partial charge is 0.115 e. The molecular weight excluding hydrogens is 214 g/mol. The normalized spacial score (nSPS) is 14.0. The molecule has 4 nitrogen and oxygen atoms in total. The lowest BCUT2D eigenvalue weighted by Gasteiger charge is -2.22. The number of hydrogen-bond acceptors (Lipinski definition) is 3. The largest absolute Gasteiger partial charge is 0.381 e. The second kappa shape index (κ2) is 4.04. The van der Waals surface area contributed by atoms with Gasteiger partial charge in [-0.1, -0.05) is 12.1 Å². The molecule has 1 atom stereocenters. The van der Waals surface area contributed by atoms with Crippen LogP contribution in [-0.2, 0) is 12.6 Å². The Morgan fingerprint density at radius 3 is 2.41 bits per heavy atom. The molecule has 0 aliphatic rings. The molecule has 1 aromatic carbocycles. The van der Waals surface area contributed by atoms with Gasteiger partial charge < -0.3 is 5.11 Å². The molecule has 0 radical (unpaired) electrons. The van der Waals surface area contributed by atoms with Gasteiger partial charge in [-0.05, 0) is 24.6 Å². The summed E-state index contributed by atoms with van der Waals surface area (Å²) in [5, 5.41) is 23.3. The van der Waals surface area contributed by atoms with Crippen molar-refractivity contribution in [3.8, 4) is 6.07 Å². The number of aromatic nitrogens is 2. The zero-order chi connectivity index (χ0) is 12.5. The lowest BCUT2D eigenvalue weighted by Crippen LogP contribution is -2.22. The Morgan fingerprint density at radius 1 is 1.29 bits per heavy atom. The quantitative estimate of drug-likeness (QED) is 0.846. The van der Waals surface area contributed by atoms with Crippen molar-refractivity contribution in [1.29, 1.82) is 5.26 Å². The van der Waals surface area contributed by atoms with Crippen LogP contribution >= 0.6 is 0 Å². The molecule has 1 unspecified atom stereocenters. The Labute approximate surface area is 99.7 Å². The number of aliphatic hydroxyl groups is 1. The van der Waals surface area contributed by atoms with Crippen LogP contribution in [0.25, 0.3) is 0 Å². The molecule has 2 aromatic rings. The molecule has 17 heavy (non-hydrogen) atoms. The maximum atomic E-state index is 10.5. The third-order valence-corrected chi connectivity index (χ3v) is 2.84. The summed E-state index contributed by atoms with van der Waals surface area (Å²) in [6, 6.07) is 8.95. The van der Waals surface area contributed by atoms with E-state index in [-0.39, 0.29) is 0 Å². The fraction of sp³-hybridized carbons (Fsp3) is 0.231. The van der Waals surface area contributed by atoms with Crippen LogP contribution in [0.2, 0.25) is 0 Å². The fourth-order valence-electron chi connectivity index (χ4n) is 1.71. The number of benzene rings is 1. The summed E-state index contributed by atoms with van der Waals surface area (Å²) in [5.41, 5.74) is 0.951. The molecule has 2 rings (SSSR count). The molecule has 0 bridgehead atoms. The van der Waals surface area contributed by atoms with Gasteiger partial charge in [-0.15, -0.1) is 0 Å². The van der Waals surface area contributed by atoms with Gasteiger partial charge in [0.1, 0.15) is 5.60 Å². The zero-order valence-corrected chi connectivity index (χ0v) is 9.75. The second-order valence-corrected chi connectivity index (χ2v) is 4.16. The number of rotatable bonds is 2. The van der Waals surface area contributed by atoms with Gasteiger partial charge in [-0.25, -0.2) is 0 Å². The molecule has 1 aromatic heterocycles. The van der Waals surface area contributed by atoms with Crippen LogP contribution in [0.15, 0.2) is 36.7 Å². The standard InChI is InChI=1S/C13H13N3O/c1-13(17,12-8-15-16(2)9-12)11-5-3-10(7-14)4-6-11/h3-6,8-9,17H,1-2H3. The Bertz CT molecular complexity index is 561. The van der Waals surface area contributed by atoms with Crippen LogP contribution < -0.4 is 0 Å². The van der Waals surface area contributed by atoms with E-state index in [9.17, 15) is 5.11 Å². The van der Waals surface area contributed by atoms with E-state index in [4.69, 9.17) is 5.26 Å². The average Bonchev–Trinajstić information content (AvgIpc) is 2.77. The first-order chi connectivity index (χ1) is 8.04. The van der Waals surface area contributed by atoms with E-state index in [1.807, 2.05) is 0 Å². The van der Waals surface area contributed by atoms with Gasteiger partial charge >= 0.3 is 0 Å². The van der Waals surface area contributed by atoms with Crippen molar-refractivity contribution in [1.82, 2.24) is 9.78 Å². The summed E-state index contributed by atoms with van der Waals surface area (Å²) < 4.78 is 1.65. The molecule has 1 heterocycles. The van der Waals surface area contributed by atoms with Gasteiger partial charge in [-0.2, -0.15) is 10.4 Å². The highest BCUT2D eigenvalue weighted by atomic mass is 16.3. The Hall–Kier alpha value is -2.12. The highest BCUT2D eigenvalue weighted by Gasteiger charge is 2.26. The SMILES string of the molecule is Cn1cc(C(C)(O)c2ccc(C#N)cc2)cn1. The third kappa shape index (κ3) is 2.05. The summed E-state index contributed by atoms with van der Waals surface area (Å²) >= 11 is 0. The molecule has 0 spiro atoms. The number of hydrogen-bond donors (Lipinski definition) is 1. The molecule has 0 saturated heterocycles. The molecule has 0 fully saturated rings. The summed E-state index contributed by atoms with van der Waals surface area (Å²) in [4.78, 5) is 0. The van der Waals surface area contributed by atoms with E-state index in [0.717, 1.165) is 11.1 Å². The van der Waals surface area contributed by atoms with Crippen LogP contribution in [0.4, 0.5) is 0 Å². The molecular formula is C13H13N3O. The van der Waals surface area contributed by atoms with Gasteiger partial charge in [0.05, 0.1) is 17.8 Å². The van der Waals surface area contributed by atoms with Crippen molar-refractivity contribution < 1.29 is 5.11 Å². The summed E-state index contributed by atoms with van der Waals surface area (Å²) in [7, 11) is 1.80. The maximum Gasteiger partial charge on any atom is 0.115 e. The Kier molecular flexibility index (Phi) is 2.70. The van der Waals surface area contributed by atoms with Gasteiger partial charge in [0.2, 0.25) is 0 Å². The minimum Gasteiger partial charge on any atom is -0.381 e. The van der Waals surface area contributed by atoms with Crippen molar-refractivity contribution in [2.45, 2.75) is 12.5 Å². The van der Waals surface area contributed by atoms with Crippen molar-refractivity contribution in [2.24, 2.45) is 7.05 Å². The van der Waals surface area contributed by atoms with E-state index >= 15 is 0 Å². The summed E-state index contributed by atoms with van der Waals surface area (Å²) in [6.07, 6.45) is 3.41. The minimum absolute atomic E-state index is 0.579. The molecule has 0 aliphatic carbocycles. The van der Waals surface area contributed by atoms with Crippen molar-refractivity contribution in [3.05, 3.63) is 53.3 Å². The molecule has 4 heteroatoms. The number of aryl methyl sites for hydroxylation is 1. The predicted molar refractivity (Wildman–Crippen MR) is 63.0 cm³/mol. The second-order valence-electron chi connectivity index (χ2n) is 4.16. The molecule has 1 N–H and O–H groups in total. The monoisotopic (exact) mass is 227 g/mol. The van der Waals surface area contributed by atoms with E-state index in [1.165, 1.54) is 0 Å². The maximum absolute atomic E-state index is 10.5. The van der Waals surface area contributed by atoms with E-state index in [1.54, 1.807) is 55.3 Å². The van der Waals surface area contributed by atoms with Crippen LogP contribution in [-0.4, -0.2) is 14.9 Å². The summed E-state index contributed by atoms with van der Waals surface area (Å²) in [6.45, 7) is 1.71. The molecule has 86 valence electrons. The highest BCUT2D eigenvalue weighted by molar-refractivity contribution is 5.38.